The molecule has 2 heterocycles. The Labute approximate surface area is 170 Å². The number of nitrogens with two attached hydrogens (primary N) is 1. The second-order valence-corrected chi connectivity index (χ2v) is 7.49. The summed E-state index contributed by atoms with van der Waals surface area (Å²) in [6.45, 7) is 8.57. The summed E-state index contributed by atoms with van der Waals surface area (Å²) in [6.07, 6.45) is 5.39. The van der Waals surface area contributed by atoms with Crippen LogP contribution in [-0.2, 0) is 9.59 Å². The highest BCUT2D eigenvalue weighted by atomic mass is 35.5. The summed E-state index contributed by atoms with van der Waals surface area (Å²) in [5, 5.41) is 2.86. The molecule has 0 aromatic carbocycles. The van der Waals surface area contributed by atoms with Gasteiger partial charge in [-0.3, -0.25) is 14.5 Å². The van der Waals surface area contributed by atoms with Crippen LogP contribution in [0.4, 0.5) is 0 Å². The number of halogens is 2. The third-order valence-electron chi connectivity index (χ3n) is 5.22. The molecule has 0 saturated carbocycles. The Morgan fingerprint density at radius 1 is 1.08 bits per heavy atom. The van der Waals surface area contributed by atoms with Crippen molar-refractivity contribution in [1.82, 2.24) is 15.1 Å². The zero-order valence-electron chi connectivity index (χ0n) is 16.1. The highest BCUT2D eigenvalue weighted by Gasteiger charge is 2.36. The van der Waals surface area contributed by atoms with Crippen LogP contribution in [0.2, 0.25) is 0 Å². The molecule has 0 aromatic rings. The standard InChI is InChI=1S/C18H34N4O2.2ClH/c1-14(2)16(21-10-4-3-5-11-21)18(24)22-12-6-7-15(13-22)17(23)20-9-8-19;;/h14-16H,3-13,19H2,1-2H3,(H,20,23);2*1H. The lowest BCUT2D eigenvalue weighted by atomic mass is 9.93. The molecule has 2 unspecified atom stereocenters. The molecule has 2 saturated heterocycles. The Hall–Kier alpha value is -0.560. The van der Waals surface area contributed by atoms with Crippen LogP contribution in [0.15, 0.2) is 0 Å². The van der Waals surface area contributed by atoms with Gasteiger partial charge in [0.2, 0.25) is 11.8 Å². The lowest BCUT2D eigenvalue weighted by Gasteiger charge is -2.41. The normalized spacial score (nSPS) is 22.2. The fourth-order valence-electron chi connectivity index (χ4n) is 3.98. The monoisotopic (exact) mass is 410 g/mol. The second-order valence-electron chi connectivity index (χ2n) is 7.49. The number of carbonyl (C=O) groups is 2. The molecule has 3 N–H and O–H groups in total. The van der Waals surface area contributed by atoms with Crippen LogP contribution >= 0.6 is 24.8 Å². The minimum absolute atomic E-state index is 0. The summed E-state index contributed by atoms with van der Waals surface area (Å²) in [5.41, 5.74) is 5.45. The SMILES string of the molecule is CC(C)C(C(=O)N1CCCC(C(=O)NCCN)C1)N1CCCCC1.Cl.Cl. The fourth-order valence-corrected chi connectivity index (χ4v) is 3.98. The summed E-state index contributed by atoms with van der Waals surface area (Å²) in [7, 11) is 0. The topological polar surface area (TPSA) is 78.7 Å². The van der Waals surface area contributed by atoms with Gasteiger partial charge < -0.3 is 16.0 Å². The molecule has 2 aliphatic rings. The average Bonchev–Trinajstić information content (AvgIpc) is 2.60. The Morgan fingerprint density at radius 2 is 1.73 bits per heavy atom. The van der Waals surface area contributed by atoms with E-state index in [0.29, 0.717) is 25.6 Å². The van der Waals surface area contributed by atoms with Crippen molar-refractivity contribution >= 4 is 36.6 Å². The molecule has 6 nitrogen and oxygen atoms in total. The van der Waals surface area contributed by atoms with E-state index in [2.05, 4.69) is 24.1 Å². The van der Waals surface area contributed by atoms with Crippen molar-refractivity contribution in [3.05, 3.63) is 0 Å². The molecule has 8 heteroatoms. The lowest BCUT2D eigenvalue weighted by molar-refractivity contribution is -0.142. The van der Waals surface area contributed by atoms with Gasteiger partial charge in [0, 0.05) is 26.2 Å². The van der Waals surface area contributed by atoms with Crippen molar-refractivity contribution < 1.29 is 9.59 Å². The van der Waals surface area contributed by atoms with E-state index < -0.39 is 0 Å². The smallest absolute Gasteiger partial charge is 0.240 e. The van der Waals surface area contributed by atoms with Crippen LogP contribution in [0, 0.1) is 11.8 Å². The molecule has 26 heavy (non-hydrogen) atoms. The van der Waals surface area contributed by atoms with Gasteiger partial charge in [0.1, 0.15) is 0 Å². The Balaban J connectivity index is 0.00000312. The first kappa shape index (κ1) is 25.4. The zero-order chi connectivity index (χ0) is 17.5. The quantitative estimate of drug-likeness (QED) is 0.697. The third-order valence-corrected chi connectivity index (χ3v) is 5.22. The molecule has 2 atom stereocenters. The van der Waals surface area contributed by atoms with Crippen LogP contribution in [0.1, 0.15) is 46.0 Å². The van der Waals surface area contributed by atoms with Crippen molar-refractivity contribution in [3.8, 4) is 0 Å². The molecule has 0 bridgehead atoms. The maximum Gasteiger partial charge on any atom is 0.240 e. The highest BCUT2D eigenvalue weighted by molar-refractivity contribution is 5.86. The highest BCUT2D eigenvalue weighted by Crippen LogP contribution is 2.23. The van der Waals surface area contributed by atoms with Gasteiger partial charge in [-0.2, -0.15) is 0 Å². The summed E-state index contributed by atoms with van der Waals surface area (Å²) >= 11 is 0. The number of nitrogens with one attached hydrogen (secondary N) is 1. The molecule has 0 aliphatic carbocycles. The largest absolute Gasteiger partial charge is 0.355 e. The molecular formula is C18H36Cl2N4O2. The number of hydrogen-bond donors (Lipinski definition) is 2. The van der Waals surface area contributed by atoms with Crippen LogP contribution in [-0.4, -0.2) is 66.9 Å². The van der Waals surface area contributed by atoms with Gasteiger partial charge in [-0.15, -0.1) is 24.8 Å². The maximum atomic E-state index is 13.2. The van der Waals surface area contributed by atoms with E-state index in [-0.39, 0.29) is 48.6 Å². The molecular weight excluding hydrogens is 375 g/mol. The van der Waals surface area contributed by atoms with E-state index in [4.69, 9.17) is 5.73 Å². The minimum atomic E-state index is -0.0941. The van der Waals surface area contributed by atoms with Crippen molar-refractivity contribution in [2.75, 3.05) is 39.3 Å². The first-order valence-electron chi connectivity index (χ1n) is 9.55. The zero-order valence-corrected chi connectivity index (χ0v) is 17.7. The minimum Gasteiger partial charge on any atom is -0.355 e. The summed E-state index contributed by atoms with van der Waals surface area (Å²) in [5.74, 6) is 0.450. The van der Waals surface area contributed by atoms with E-state index in [9.17, 15) is 9.59 Å². The van der Waals surface area contributed by atoms with Crippen molar-refractivity contribution in [2.45, 2.75) is 52.0 Å². The molecule has 0 radical (unpaired) electrons. The predicted octanol–water partition coefficient (Wildman–Crippen LogP) is 1.65. The molecule has 0 aromatic heterocycles. The van der Waals surface area contributed by atoms with E-state index in [1.54, 1.807) is 0 Å². The number of hydrogen-bond acceptors (Lipinski definition) is 4. The molecule has 0 spiro atoms. The molecule has 2 aliphatic heterocycles. The average molecular weight is 411 g/mol. The molecule has 2 rings (SSSR count). The van der Waals surface area contributed by atoms with Gasteiger partial charge in [0.25, 0.3) is 0 Å². The van der Waals surface area contributed by atoms with Crippen molar-refractivity contribution in [2.24, 2.45) is 17.6 Å². The van der Waals surface area contributed by atoms with Gasteiger partial charge in [-0.05, 0) is 44.7 Å². The first-order valence-corrected chi connectivity index (χ1v) is 9.55. The van der Waals surface area contributed by atoms with Gasteiger partial charge >= 0.3 is 0 Å². The van der Waals surface area contributed by atoms with Crippen molar-refractivity contribution in [1.29, 1.82) is 0 Å². The van der Waals surface area contributed by atoms with E-state index in [1.165, 1.54) is 19.3 Å². The second kappa shape index (κ2) is 12.8. The lowest BCUT2D eigenvalue weighted by Crippen LogP contribution is -2.55. The molecule has 154 valence electrons. The summed E-state index contributed by atoms with van der Waals surface area (Å²) < 4.78 is 0. The maximum absolute atomic E-state index is 13.2. The van der Waals surface area contributed by atoms with Crippen LogP contribution in [0.3, 0.4) is 0 Å². The first-order chi connectivity index (χ1) is 11.5. The van der Waals surface area contributed by atoms with Gasteiger partial charge in [0.15, 0.2) is 0 Å². The van der Waals surface area contributed by atoms with Crippen LogP contribution < -0.4 is 11.1 Å². The van der Waals surface area contributed by atoms with E-state index >= 15 is 0 Å². The Bertz CT molecular complexity index is 431. The molecule has 2 fully saturated rings. The van der Waals surface area contributed by atoms with Crippen LogP contribution in [0.25, 0.3) is 0 Å². The summed E-state index contributed by atoms with van der Waals surface area (Å²) in [6, 6.07) is -0.0452. The number of rotatable bonds is 6. The van der Waals surface area contributed by atoms with Crippen molar-refractivity contribution in [3.63, 3.8) is 0 Å². The van der Waals surface area contributed by atoms with E-state index in [1.807, 2.05) is 4.90 Å². The third kappa shape index (κ3) is 6.87. The molecule has 2 amide bonds. The Morgan fingerprint density at radius 3 is 2.31 bits per heavy atom. The van der Waals surface area contributed by atoms with E-state index in [0.717, 1.165) is 32.5 Å². The Kier molecular flexibility index (Phi) is 12.5. The number of likely N-dealkylation sites (tertiary alicyclic amines) is 2. The van der Waals surface area contributed by atoms with Crippen LogP contribution in [0.5, 0.6) is 0 Å². The fraction of sp³-hybridized carbons (Fsp3) is 0.889. The number of carbonyl (C=O) groups excluding carboxylic acids is 2. The predicted molar refractivity (Wildman–Crippen MR) is 110 cm³/mol. The van der Waals surface area contributed by atoms with Gasteiger partial charge in [-0.1, -0.05) is 20.3 Å². The number of nitrogens with zero attached hydrogens (tertiary/aromatic N) is 2. The number of amides is 2. The summed E-state index contributed by atoms with van der Waals surface area (Å²) in [4.78, 5) is 29.7. The number of piperidine rings is 2. The van der Waals surface area contributed by atoms with Gasteiger partial charge in [-0.25, -0.2) is 0 Å². The van der Waals surface area contributed by atoms with Gasteiger partial charge in [0.05, 0.1) is 12.0 Å².